The SMILES string of the molecule is CCC(CBr)Cn1cnc2c(C)csc2c1=O. The predicted octanol–water partition coefficient (Wildman–Crippen LogP) is 3.19. The van der Waals surface area contributed by atoms with Crippen molar-refractivity contribution in [1.82, 2.24) is 9.55 Å². The van der Waals surface area contributed by atoms with Crippen LogP contribution in [0.1, 0.15) is 18.9 Å². The van der Waals surface area contributed by atoms with Gasteiger partial charge >= 0.3 is 0 Å². The smallest absolute Gasteiger partial charge is 0.271 e. The van der Waals surface area contributed by atoms with Crippen molar-refractivity contribution in [3.63, 3.8) is 0 Å². The largest absolute Gasteiger partial charge is 0.298 e. The number of aromatic nitrogens is 2. The van der Waals surface area contributed by atoms with E-state index in [1.165, 1.54) is 11.3 Å². The molecule has 0 aliphatic carbocycles. The molecular weight excluding hydrogens is 300 g/mol. The molecular formula is C12H15BrN2OS. The number of rotatable bonds is 4. The minimum absolute atomic E-state index is 0.0903. The van der Waals surface area contributed by atoms with Gasteiger partial charge in [0.25, 0.3) is 5.56 Å². The Morgan fingerprint density at radius 1 is 1.59 bits per heavy atom. The average Bonchev–Trinajstić information content (AvgIpc) is 2.71. The Balaban J connectivity index is 2.43. The molecule has 0 fully saturated rings. The number of halogens is 1. The fourth-order valence-electron chi connectivity index (χ4n) is 1.76. The van der Waals surface area contributed by atoms with E-state index in [4.69, 9.17) is 0 Å². The Morgan fingerprint density at radius 2 is 2.35 bits per heavy atom. The highest BCUT2D eigenvalue weighted by Crippen LogP contribution is 2.19. The molecule has 2 aromatic heterocycles. The van der Waals surface area contributed by atoms with Crippen LogP contribution in [0.15, 0.2) is 16.5 Å². The lowest BCUT2D eigenvalue weighted by Gasteiger charge is -2.12. The van der Waals surface area contributed by atoms with Crippen molar-refractivity contribution >= 4 is 37.5 Å². The minimum atomic E-state index is 0.0903. The van der Waals surface area contributed by atoms with Crippen molar-refractivity contribution in [1.29, 1.82) is 0 Å². The third kappa shape index (κ3) is 2.45. The Kier molecular flexibility index (Phi) is 3.99. The summed E-state index contributed by atoms with van der Waals surface area (Å²) in [5, 5.41) is 2.91. The first-order chi connectivity index (χ1) is 8.17. The van der Waals surface area contributed by atoms with E-state index in [0.29, 0.717) is 5.92 Å². The summed E-state index contributed by atoms with van der Waals surface area (Å²) in [6, 6.07) is 0. The maximum Gasteiger partial charge on any atom is 0.271 e. The average molecular weight is 315 g/mol. The van der Waals surface area contributed by atoms with Gasteiger partial charge in [0, 0.05) is 11.9 Å². The number of hydrogen-bond acceptors (Lipinski definition) is 3. The molecule has 5 heteroatoms. The summed E-state index contributed by atoms with van der Waals surface area (Å²) in [7, 11) is 0. The second kappa shape index (κ2) is 5.31. The van der Waals surface area contributed by atoms with E-state index in [-0.39, 0.29) is 5.56 Å². The monoisotopic (exact) mass is 314 g/mol. The zero-order valence-corrected chi connectivity index (χ0v) is 12.3. The topological polar surface area (TPSA) is 34.9 Å². The first-order valence-corrected chi connectivity index (χ1v) is 7.66. The minimum Gasteiger partial charge on any atom is -0.298 e. The second-order valence-electron chi connectivity index (χ2n) is 4.23. The van der Waals surface area contributed by atoms with Crippen LogP contribution in [0.25, 0.3) is 10.2 Å². The first kappa shape index (κ1) is 12.8. The van der Waals surface area contributed by atoms with Gasteiger partial charge in [0.15, 0.2) is 0 Å². The quantitative estimate of drug-likeness (QED) is 0.812. The molecule has 92 valence electrons. The number of fused-ring (bicyclic) bond motifs is 1. The summed E-state index contributed by atoms with van der Waals surface area (Å²) in [4.78, 5) is 16.6. The van der Waals surface area contributed by atoms with Crippen LogP contribution in [0.5, 0.6) is 0 Å². The highest BCUT2D eigenvalue weighted by Gasteiger charge is 2.11. The molecule has 0 saturated heterocycles. The molecule has 0 bridgehead atoms. The van der Waals surface area contributed by atoms with Gasteiger partial charge in [0.2, 0.25) is 0 Å². The third-order valence-corrected chi connectivity index (χ3v) is 4.96. The van der Waals surface area contributed by atoms with E-state index >= 15 is 0 Å². The van der Waals surface area contributed by atoms with Crippen molar-refractivity contribution in [2.45, 2.75) is 26.8 Å². The molecule has 2 rings (SSSR count). The Bertz CT molecular complexity index is 571. The molecule has 1 atom stereocenters. The van der Waals surface area contributed by atoms with Crippen molar-refractivity contribution in [2.24, 2.45) is 5.92 Å². The number of nitrogens with zero attached hydrogens (tertiary/aromatic N) is 2. The van der Waals surface area contributed by atoms with Gasteiger partial charge in [-0.05, 0) is 23.8 Å². The van der Waals surface area contributed by atoms with Gasteiger partial charge in [0.05, 0.1) is 11.8 Å². The van der Waals surface area contributed by atoms with Crippen LogP contribution >= 0.6 is 27.3 Å². The summed E-state index contributed by atoms with van der Waals surface area (Å²) in [6.07, 6.45) is 2.73. The Hall–Kier alpha value is -0.680. The van der Waals surface area contributed by atoms with E-state index in [1.807, 2.05) is 12.3 Å². The highest BCUT2D eigenvalue weighted by molar-refractivity contribution is 9.09. The molecule has 0 saturated carbocycles. The number of alkyl halides is 1. The highest BCUT2D eigenvalue weighted by atomic mass is 79.9. The standard InChI is InChI=1S/C12H15BrN2OS/c1-3-9(4-13)5-15-7-14-10-8(2)6-17-11(10)12(15)16/h6-7,9H,3-5H2,1-2H3. The summed E-state index contributed by atoms with van der Waals surface area (Å²) in [6.45, 7) is 4.86. The lowest BCUT2D eigenvalue weighted by atomic mass is 10.1. The van der Waals surface area contributed by atoms with Crippen LogP contribution in [0.2, 0.25) is 0 Å². The molecule has 1 unspecified atom stereocenters. The van der Waals surface area contributed by atoms with Gasteiger partial charge in [-0.3, -0.25) is 9.36 Å². The Morgan fingerprint density at radius 3 is 3.00 bits per heavy atom. The van der Waals surface area contributed by atoms with Crippen LogP contribution in [-0.4, -0.2) is 14.9 Å². The maximum atomic E-state index is 12.2. The van der Waals surface area contributed by atoms with E-state index in [1.54, 1.807) is 10.9 Å². The van der Waals surface area contributed by atoms with Crippen LogP contribution in [0.3, 0.4) is 0 Å². The first-order valence-electron chi connectivity index (χ1n) is 5.66. The summed E-state index contributed by atoms with van der Waals surface area (Å²) in [5.41, 5.74) is 2.03. The molecule has 0 spiro atoms. The molecule has 17 heavy (non-hydrogen) atoms. The maximum absolute atomic E-state index is 12.2. The predicted molar refractivity (Wildman–Crippen MR) is 76.2 cm³/mol. The number of hydrogen-bond donors (Lipinski definition) is 0. The number of aryl methyl sites for hydroxylation is 1. The fraction of sp³-hybridized carbons (Fsp3) is 0.500. The molecule has 0 aliphatic heterocycles. The van der Waals surface area contributed by atoms with E-state index in [9.17, 15) is 4.79 Å². The van der Waals surface area contributed by atoms with Gasteiger partial charge in [0.1, 0.15) is 4.70 Å². The molecule has 3 nitrogen and oxygen atoms in total. The summed E-state index contributed by atoms with van der Waals surface area (Å²) < 4.78 is 2.50. The normalized spacial score (nSPS) is 13.1. The van der Waals surface area contributed by atoms with E-state index < -0.39 is 0 Å². The van der Waals surface area contributed by atoms with Crippen LogP contribution in [0, 0.1) is 12.8 Å². The van der Waals surface area contributed by atoms with Crippen molar-refractivity contribution in [3.05, 3.63) is 27.6 Å². The van der Waals surface area contributed by atoms with Crippen LogP contribution in [0.4, 0.5) is 0 Å². The van der Waals surface area contributed by atoms with Crippen LogP contribution in [-0.2, 0) is 6.54 Å². The summed E-state index contributed by atoms with van der Waals surface area (Å²) in [5.74, 6) is 0.480. The molecule has 0 amide bonds. The van der Waals surface area contributed by atoms with Gasteiger partial charge in [-0.25, -0.2) is 4.98 Å². The lowest BCUT2D eigenvalue weighted by Crippen LogP contribution is -2.24. The van der Waals surface area contributed by atoms with Gasteiger partial charge in [-0.1, -0.05) is 29.3 Å². The third-order valence-electron chi connectivity index (χ3n) is 2.97. The van der Waals surface area contributed by atoms with Crippen molar-refractivity contribution < 1.29 is 0 Å². The van der Waals surface area contributed by atoms with Gasteiger partial charge in [-0.2, -0.15) is 0 Å². The van der Waals surface area contributed by atoms with Crippen molar-refractivity contribution in [3.8, 4) is 0 Å². The molecule has 2 heterocycles. The van der Waals surface area contributed by atoms with Crippen LogP contribution < -0.4 is 5.56 Å². The molecule has 0 N–H and O–H groups in total. The fourth-order valence-corrected chi connectivity index (χ4v) is 3.37. The van der Waals surface area contributed by atoms with Gasteiger partial charge < -0.3 is 0 Å². The molecule has 0 radical (unpaired) electrons. The molecule has 0 aromatic carbocycles. The van der Waals surface area contributed by atoms with Gasteiger partial charge in [-0.15, -0.1) is 11.3 Å². The lowest BCUT2D eigenvalue weighted by molar-refractivity contribution is 0.468. The number of thiophene rings is 1. The zero-order valence-electron chi connectivity index (χ0n) is 9.94. The van der Waals surface area contributed by atoms with E-state index in [0.717, 1.165) is 34.1 Å². The molecule has 0 aliphatic rings. The van der Waals surface area contributed by atoms with E-state index in [2.05, 4.69) is 27.8 Å². The van der Waals surface area contributed by atoms with Crippen molar-refractivity contribution in [2.75, 3.05) is 5.33 Å². The second-order valence-corrected chi connectivity index (χ2v) is 5.75. The Labute approximate surface area is 113 Å². The summed E-state index contributed by atoms with van der Waals surface area (Å²) >= 11 is 4.97. The zero-order chi connectivity index (χ0) is 12.4. The molecule has 2 aromatic rings.